The van der Waals surface area contributed by atoms with Crippen molar-refractivity contribution < 1.29 is 4.74 Å². The van der Waals surface area contributed by atoms with E-state index in [4.69, 9.17) is 16.3 Å². The van der Waals surface area contributed by atoms with Gasteiger partial charge in [-0.15, -0.1) is 0 Å². The summed E-state index contributed by atoms with van der Waals surface area (Å²) in [7, 11) is 0. The molecule has 1 unspecified atom stereocenters. The summed E-state index contributed by atoms with van der Waals surface area (Å²) >= 11 is 6.07. The molecule has 0 radical (unpaired) electrons. The Balaban J connectivity index is 2.60. The Morgan fingerprint density at radius 1 is 1.24 bits per heavy atom. The van der Waals surface area contributed by atoms with E-state index in [1.807, 2.05) is 6.07 Å². The first-order chi connectivity index (χ1) is 8.19. The molecule has 0 spiro atoms. The minimum atomic E-state index is 0.514. The molecule has 1 aromatic carbocycles. The summed E-state index contributed by atoms with van der Waals surface area (Å²) in [4.78, 5) is 0. The van der Waals surface area contributed by atoms with E-state index in [1.165, 1.54) is 11.1 Å². The largest absolute Gasteiger partial charge is 0.381 e. The van der Waals surface area contributed by atoms with Crippen molar-refractivity contribution in [3.05, 3.63) is 34.3 Å². The van der Waals surface area contributed by atoms with Crippen LogP contribution in [-0.2, 0) is 11.2 Å². The highest BCUT2D eigenvalue weighted by atomic mass is 35.5. The Hall–Kier alpha value is -0.530. The summed E-state index contributed by atoms with van der Waals surface area (Å²) in [6.07, 6.45) is 3.21. The molecule has 0 bridgehead atoms. The average Bonchev–Trinajstić information content (AvgIpc) is 2.34. The average molecular weight is 255 g/mol. The van der Waals surface area contributed by atoms with Gasteiger partial charge in [0.1, 0.15) is 0 Å². The quantitative estimate of drug-likeness (QED) is 0.634. The van der Waals surface area contributed by atoms with Crippen LogP contribution in [0.1, 0.15) is 50.7 Å². The second-order valence-corrected chi connectivity index (χ2v) is 4.94. The Morgan fingerprint density at radius 2 is 2.00 bits per heavy atom. The van der Waals surface area contributed by atoms with Crippen molar-refractivity contribution in [1.82, 2.24) is 0 Å². The zero-order chi connectivity index (χ0) is 12.7. The molecule has 0 saturated carbocycles. The van der Waals surface area contributed by atoms with Gasteiger partial charge in [0.2, 0.25) is 0 Å². The molecule has 2 heteroatoms. The molecule has 1 rings (SSSR count). The van der Waals surface area contributed by atoms with Crippen molar-refractivity contribution >= 4 is 11.6 Å². The van der Waals surface area contributed by atoms with Crippen molar-refractivity contribution in [1.29, 1.82) is 0 Å². The molecule has 1 aromatic rings. The minimum absolute atomic E-state index is 0.514. The maximum Gasteiger partial charge on any atom is 0.0471 e. The van der Waals surface area contributed by atoms with Gasteiger partial charge in [-0.25, -0.2) is 0 Å². The number of hydrogen-bond donors (Lipinski definition) is 0. The number of halogens is 1. The maximum atomic E-state index is 6.07. The topological polar surface area (TPSA) is 9.23 Å². The van der Waals surface area contributed by atoms with Crippen molar-refractivity contribution in [2.24, 2.45) is 0 Å². The molecule has 0 saturated heterocycles. The van der Waals surface area contributed by atoms with Crippen LogP contribution < -0.4 is 0 Å². The van der Waals surface area contributed by atoms with Gasteiger partial charge < -0.3 is 4.74 Å². The summed E-state index contributed by atoms with van der Waals surface area (Å²) in [5, 5.41) is 0.832. The Bertz CT molecular complexity index is 336. The molecule has 0 aliphatic carbocycles. The molecule has 1 nitrogen and oxygen atoms in total. The van der Waals surface area contributed by atoms with Crippen LogP contribution in [0.4, 0.5) is 0 Å². The molecule has 17 heavy (non-hydrogen) atoms. The molecule has 1 atom stereocenters. The van der Waals surface area contributed by atoms with Gasteiger partial charge in [0, 0.05) is 18.2 Å². The fourth-order valence-electron chi connectivity index (χ4n) is 2.01. The summed E-state index contributed by atoms with van der Waals surface area (Å²) in [5.74, 6) is 0.514. The predicted octanol–water partition coefficient (Wildman–Crippen LogP) is 4.82. The Morgan fingerprint density at radius 3 is 2.65 bits per heavy atom. The van der Waals surface area contributed by atoms with Gasteiger partial charge in [-0.2, -0.15) is 0 Å². The van der Waals surface area contributed by atoms with E-state index in [9.17, 15) is 0 Å². The Labute approximate surface area is 110 Å². The Kier molecular flexibility index (Phi) is 6.61. The van der Waals surface area contributed by atoms with Crippen LogP contribution in [0.5, 0.6) is 0 Å². The van der Waals surface area contributed by atoms with Gasteiger partial charge in [-0.3, -0.25) is 0 Å². The van der Waals surface area contributed by atoms with Crippen molar-refractivity contribution in [3.8, 4) is 0 Å². The van der Waals surface area contributed by atoms with E-state index in [2.05, 4.69) is 32.9 Å². The molecule has 0 aromatic heterocycles. The van der Waals surface area contributed by atoms with Gasteiger partial charge in [0.05, 0.1) is 0 Å². The second-order valence-electron chi connectivity index (χ2n) is 4.50. The van der Waals surface area contributed by atoms with Crippen LogP contribution in [-0.4, -0.2) is 13.2 Å². The highest BCUT2D eigenvalue weighted by Crippen LogP contribution is 2.26. The van der Waals surface area contributed by atoms with Gasteiger partial charge in [0.25, 0.3) is 0 Å². The molecule has 0 N–H and O–H groups in total. The number of ether oxygens (including phenoxy) is 1. The zero-order valence-electron chi connectivity index (χ0n) is 11.1. The van der Waals surface area contributed by atoms with Crippen LogP contribution in [0.25, 0.3) is 0 Å². The van der Waals surface area contributed by atoms with Crippen LogP contribution in [0.3, 0.4) is 0 Å². The smallest absolute Gasteiger partial charge is 0.0471 e. The number of aryl methyl sites for hydroxylation is 1. The predicted molar refractivity (Wildman–Crippen MR) is 75.0 cm³/mol. The SMILES string of the molecule is CCCOCCC(C)c1cc(Cl)ccc1CC. The van der Waals surface area contributed by atoms with Crippen molar-refractivity contribution in [2.45, 2.75) is 46.0 Å². The molecule has 0 heterocycles. The second kappa shape index (κ2) is 7.73. The third kappa shape index (κ3) is 4.69. The standard InChI is InChI=1S/C15H23ClO/c1-4-9-17-10-8-12(3)15-11-14(16)7-6-13(15)5-2/h6-7,11-12H,4-5,8-10H2,1-3H3. The lowest BCUT2D eigenvalue weighted by molar-refractivity contribution is 0.128. The summed E-state index contributed by atoms with van der Waals surface area (Å²) in [6.45, 7) is 8.27. The number of benzene rings is 1. The summed E-state index contributed by atoms with van der Waals surface area (Å²) < 4.78 is 5.55. The van der Waals surface area contributed by atoms with E-state index in [-0.39, 0.29) is 0 Å². The van der Waals surface area contributed by atoms with Gasteiger partial charge >= 0.3 is 0 Å². The number of rotatable bonds is 7. The molecule has 96 valence electrons. The van der Waals surface area contributed by atoms with Crippen molar-refractivity contribution in [2.75, 3.05) is 13.2 Å². The maximum absolute atomic E-state index is 6.07. The molecule has 0 amide bonds. The fraction of sp³-hybridized carbons (Fsp3) is 0.600. The number of hydrogen-bond acceptors (Lipinski definition) is 1. The lowest BCUT2D eigenvalue weighted by atomic mass is 9.92. The monoisotopic (exact) mass is 254 g/mol. The van der Waals surface area contributed by atoms with Crippen LogP contribution in [0.2, 0.25) is 5.02 Å². The van der Waals surface area contributed by atoms with E-state index >= 15 is 0 Å². The summed E-state index contributed by atoms with van der Waals surface area (Å²) in [6, 6.07) is 6.22. The van der Waals surface area contributed by atoms with Crippen LogP contribution >= 0.6 is 11.6 Å². The molecule has 0 aliphatic heterocycles. The minimum Gasteiger partial charge on any atom is -0.381 e. The van der Waals surface area contributed by atoms with Gasteiger partial charge in [0.15, 0.2) is 0 Å². The van der Waals surface area contributed by atoms with E-state index < -0.39 is 0 Å². The van der Waals surface area contributed by atoms with E-state index in [1.54, 1.807) is 0 Å². The third-order valence-corrected chi connectivity index (χ3v) is 3.30. The first kappa shape index (κ1) is 14.5. The first-order valence-electron chi connectivity index (χ1n) is 6.55. The van der Waals surface area contributed by atoms with E-state index in [0.717, 1.165) is 37.5 Å². The molecular weight excluding hydrogens is 232 g/mol. The van der Waals surface area contributed by atoms with Gasteiger partial charge in [-0.1, -0.05) is 38.4 Å². The summed E-state index contributed by atoms with van der Waals surface area (Å²) in [5.41, 5.74) is 2.78. The van der Waals surface area contributed by atoms with E-state index in [0.29, 0.717) is 5.92 Å². The highest BCUT2D eigenvalue weighted by Gasteiger charge is 2.10. The van der Waals surface area contributed by atoms with Crippen LogP contribution in [0.15, 0.2) is 18.2 Å². The highest BCUT2D eigenvalue weighted by molar-refractivity contribution is 6.30. The lowest BCUT2D eigenvalue weighted by Crippen LogP contribution is -2.04. The molecule has 0 aliphatic rings. The molecular formula is C15H23ClO. The van der Waals surface area contributed by atoms with Gasteiger partial charge in [-0.05, 0) is 48.4 Å². The first-order valence-corrected chi connectivity index (χ1v) is 6.92. The van der Waals surface area contributed by atoms with Crippen LogP contribution in [0, 0.1) is 0 Å². The molecule has 0 fully saturated rings. The van der Waals surface area contributed by atoms with Crippen molar-refractivity contribution in [3.63, 3.8) is 0 Å². The third-order valence-electron chi connectivity index (χ3n) is 3.06. The lowest BCUT2D eigenvalue weighted by Gasteiger charge is -2.16. The zero-order valence-corrected chi connectivity index (χ0v) is 11.9. The normalized spacial score (nSPS) is 12.7. The fourth-order valence-corrected chi connectivity index (χ4v) is 2.19.